The fraction of sp³-hybridized carbons (Fsp3) is 0.300. The van der Waals surface area contributed by atoms with Crippen molar-refractivity contribution in [3.8, 4) is 11.5 Å². The Morgan fingerprint density at radius 1 is 1.29 bits per heavy atom. The monoisotopic (exact) mass is 385 g/mol. The number of nitrogen functional groups attached to an aromatic ring is 1. The number of halogens is 1. The Labute approximate surface area is 160 Å². The summed E-state index contributed by atoms with van der Waals surface area (Å²) in [6.45, 7) is 5.37. The number of anilines is 1. The van der Waals surface area contributed by atoms with Crippen LogP contribution in [0.25, 0.3) is 10.9 Å². The van der Waals surface area contributed by atoms with Crippen LogP contribution in [0.2, 0.25) is 0 Å². The minimum atomic E-state index is -0.674. The second kappa shape index (κ2) is 6.40. The Hall–Kier alpha value is -3.29. The van der Waals surface area contributed by atoms with Crippen molar-refractivity contribution in [1.82, 2.24) is 9.78 Å². The number of hydrogen-bond acceptors (Lipinski definition) is 6. The van der Waals surface area contributed by atoms with Gasteiger partial charge in [0.05, 0.1) is 5.52 Å². The molecule has 0 radical (unpaired) electrons. The SMILES string of the molecule is CC(C)(C)OC(=O)n1nc(N)c2ccc(Cc3c(F)ccc4c3OCO4)cc21. The molecule has 3 aromatic rings. The predicted octanol–water partition coefficient (Wildman–Crippen LogP) is 3.86. The number of rotatable bonds is 2. The van der Waals surface area contributed by atoms with Crippen molar-refractivity contribution >= 4 is 22.8 Å². The van der Waals surface area contributed by atoms with Crippen LogP contribution in [0, 0.1) is 5.82 Å². The van der Waals surface area contributed by atoms with E-state index in [1.165, 1.54) is 6.07 Å². The van der Waals surface area contributed by atoms with Gasteiger partial charge in [0.2, 0.25) is 6.79 Å². The zero-order valence-electron chi connectivity index (χ0n) is 15.8. The van der Waals surface area contributed by atoms with Crippen molar-refractivity contribution in [2.24, 2.45) is 0 Å². The van der Waals surface area contributed by atoms with Crippen molar-refractivity contribution < 1.29 is 23.4 Å². The molecule has 0 saturated heterocycles. The first-order valence-corrected chi connectivity index (χ1v) is 8.80. The lowest BCUT2D eigenvalue weighted by Gasteiger charge is -2.19. The summed E-state index contributed by atoms with van der Waals surface area (Å²) >= 11 is 0. The third-order valence-corrected chi connectivity index (χ3v) is 4.31. The molecule has 1 aromatic heterocycles. The van der Waals surface area contributed by atoms with Crippen molar-refractivity contribution in [2.45, 2.75) is 32.8 Å². The third kappa shape index (κ3) is 3.21. The molecule has 0 unspecified atom stereocenters. The van der Waals surface area contributed by atoms with Gasteiger partial charge in [-0.3, -0.25) is 0 Å². The van der Waals surface area contributed by atoms with Crippen LogP contribution in [0.4, 0.5) is 15.0 Å². The van der Waals surface area contributed by atoms with Gasteiger partial charge in [-0.25, -0.2) is 9.18 Å². The first-order valence-electron chi connectivity index (χ1n) is 8.80. The van der Waals surface area contributed by atoms with E-state index in [2.05, 4.69) is 5.10 Å². The predicted molar refractivity (Wildman–Crippen MR) is 101 cm³/mol. The van der Waals surface area contributed by atoms with Gasteiger partial charge in [0.15, 0.2) is 17.3 Å². The summed E-state index contributed by atoms with van der Waals surface area (Å²) in [5.41, 5.74) is 6.92. The van der Waals surface area contributed by atoms with E-state index >= 15 is 0 Å². The zero-order valence-corrected chi connectivity index (χ0v) is 15.8. The largest absolute Gasteiger partial charge is 0.454 e. The molecule has 1 aliphatic heterocycles. The Bertz CT molecular complexity index is 1090. The molecule has 0 fully saturated rings. The minimum Gasteiger partial charge on any atom is -0.454 e. The number of fused-ring (bicyclic) bond motifs is 2. The number of benzene rings is 2. The molecule has 28 heavy (non-hydrogen) atoms. The molecule has 7 nitrogen and oxygen atoms in total. The highest BCUT2D eigenvalue weighted by atomic mass is 19.1. The fourth-order valence-corrected chi connectivity index (χ4v) is 3.11. The summed E-state index contributed by atoms with van der Waals surface area (Å²) in [6.07, 6.45) is -0.372. The van der Waals surface area contributed by atoms with Crippen molar-refractivity contribution in [2.75, 3.05) is 12.5 Å². The van der Waals surface area contributed by atoms with Crippen LogP contribution in [0.1, 0.15) is 31.9 Å². The average molecular weight is 385 g/mol. The Kier molecular flexibility index (Phi) is 4.14. The van der Waals surface area contributed by atoms with Gasteiger partial charge in [-0.2, -0.15) is 4.68 Å². The smallest absolute Gasteiger partial charge is 0.435 e. The van der Waals surface area contributed by atoms with Gasteiger partial charge < -0.3 is 19.9 Å². The highest BCUT2D eigenvalue weighted by Crippen LogP contribution is 2.38. The van der Waals surface area contributed by atoms with E-state index in [9.17, 15) is 9.18 Å². The molecule has 0 saturated carbocycles. The van der Waals surface area contributed by atoms with E-state index in [1.54, 1.807) is 39.0 Å². The topological polar surface area (TPSA) is 88.6 Å². The molecule has 0 amide bonds. The number of ether oxygens (including phenoxy) is 3. The van der Waals surface area contributed by atoms with Gasteiger partial charge in [0, 0.05) is 17.4 Å². The summed E-state index contributed by atoms with van der Waals surface area (Å²) in [5.74, 6) is 0.751. The lowest BCUT2D eigenvalue weighted by Crippen LogP contribution is -2.27. The van der Waals surface area contributed by atoms with Crippen molar-refractivity contribution in [3.63, 3.8) is 0 Å². The molecule has 2 heterocycles. The second-order valence-corrected chi connectivity index (χ2v) is 7.57. The highest BCUT2D eigenvalue weighted by molar-refractivity contribution is 5.95. The molecular weight excluding hydrogens is 365 g/mol. The summed E-state index contributed by atoms with van der Waals surface area (Å²) in [4.78, 5) is 12.5. The maximum atomic E-state index is 14.4. The minimum absolute atomic E-state index is 0.0623. The van der Waals surface area contributed by atoms with Gasteiger partial charge in [-0.05, 0) is 50.6 Å². The molecule has 1 aliphatic rings. The van der Waals surface area contributed by atoms with Crippen LogP contribution in [-0.2, 0) is 11.2 Å². The van der Waals surface area contributed by atoms with E-state index < -0.39 is 11.7 Å². The maximum Gasteiger partial charge on any atom is 0.435 e. The maximum absolute atomic E-state index is 14.4. The number of nitrogens with zero attached hydrogens (tertiary/aromatic N) is 2. The number of hydrogen-bond donors (Lipinski definition) is 1. The quantitative estimate of drug-likeness (QED) is 0.721. The Morgan fingerprint density at radius 2 is 2.07 bits per heavy atom. The van der Waals surface area contributed by atoms with E-state index in [4.69, 9.17) is 19.9 Å². The molecule has 4 rings (SSSR count). The normalized spacial score (nSPS) is 13.1. The summed E-state index contributed by atoms with van der Waals surface area (Å²) < 4.78 is 31.7. The van der Waals surface area contributed by atoms with E-state index in [0.717, 1.165) is 10.2 Å². The molecular formula is C20H20FN3O4. The van der Waals surface area contributed by atoms with Gasteiger partial charge in [-0.15, -0.1) is 5.10 Å². The van der Waals surface area contributed by atoms with Crippen LogP contribution < -0.4 is 15.2 Å². The standard InChI is InChI=1S/C20H20FN3O4/c1-20(2,3)28-19(25)24-15-9-11(4-5-12(15)18(22)23-24)8-13-14(21)6-7-16-17(13)27-10-26-16/h4-7,9H,8,10H2,1-3H3,(H2,22,23). The number of carbonyl (C=O) groups excluding carboxylic acids is 1. The first kappa shape index (κ1) is 18.1. The first-order chi connectivity index (χ1) is 13.2. The molecule has 8 heteroatoms. The Balaban J connectivity index is 1.74. The van der Waals surface area contributed by atoms with Crippen LogP contribution in [0.15, 0.2) is 30.3 Å². The van der Waals surface area contributed by atoms with Crippen molar-refractivity contribution in [1.29, 1.82) is 0 Å². The molecule has 146 valence electrons. The lowest BCUT2D eigenvalue weighted by molar-refractivity contribution is 0.0523. The number of nitrogens with two attached hydrogens (primary N) is 1. The van der Waals surface area contributed by atoms with Gasteiger partial charge in [-0.1, -0.05) is 6.07 Å². The molecule has 2 aromatic carbocycles. The summed E-state index contributed by atoms with van der Waals surface area (Å²) in [5, 5.41) is 4.72. The summed E-state index contributed by atoms with van der Waals surface area (Å²) in [6, 6.07) is 8.21. The highest BCUT2D eigenvalue weighted by Gasteiger charge is 2.24. The molecule has 2 N–H and O–H groups in total. The fourth-order valence-electron chi connectivity index (χ4n) is 3.11. The van der Waals surface area contributed by atoms with Crippen LogP contribution in [-0.4, -0.2) is 28.3 Å². The third-order valence-electron chi connectivity index (χ3n) is 4.31. The molecule has 0 atom stereocenters. The van der Waals surface area contributed by atoms with Crippen LogP contribution in [0.3, 0.4) is 0 Å². The molecule has 0 aliphatic carbocycles. The van der Waals surface area contributed by atoms with E-state index in [1.807, 2.05) is 6.07 Å². The van der Waals surface area contributed by atoms with E-state index in [-0.39, 0.29) is 24.8 Å². The molecule has 0 spiro atoms. The van der Waals surface area contributed by atoms with Gasteiger partial charge in [0.1, 0.15) is 11.4 Å². The molecule has 0 bridgehead atoms. The van der Waals surface area contributed by atoms with Gasteiger partial charge >= 0.3 is 6.09 Å². The van der Waals surface area contributed by atoms with Gasteiger partial charge in [0.25, 0.3) is 0 Å². The number of carbonyl (C=O) groups is 1. The summed E-state index contributed by atoms with van der Waals surface area (Å²) in [7, 11) is 0. The lowest BCUT2D eigenvalue weighted by atomic mass is 10.0. The second-order valence-electron chi connectivity index (χ2n) is 7.57. The average Bonchev–Trinajstić information content (AvgIpc) is 3.21. The van der Waals surface area contributed by atoms with Crippen molar-refractivity contribution in [3.05, 3.63) is 47.3 Å². The van der Waals surface area contributed by atoms with Crippen LogP contribution in [0.5, 0.6) is 11.5 Å². The number of aromatic nitrogens is 2. The van der Waals surface area contributed by atoms with Crippen LogP contribution >= 0.6 is 0 Å². The zero-order chi connectivity index (χ0) is 20.1. The van der Waals surface area contributed by atoms with E-state index in [0.29, 0.717) is 28.0 Å². The Morgan fingerprint density at radius 3 is 2.82 bits per heavy atom.